The van der Waals surface area contributed by atoms with Gasteiger partial charge in [0, 0.05) is 23.2 Å². The first-order chi connectivity index (χ1) is 9.16. The molecule has 0 radical (unpaired) electrons. The number of thiophene rings is 1. The van der Waals surface area contributed by atoms with Crippen LogP contribution in [-0.2, 0) is 13.0 Å². The zero-order valence-corrected chi connectivity index (χ0v) is 12.6. The van der Waals surface area contributed by atoms with Crippen LogP contribution in [0.1, 0.15) is 20.8 Å². The Hall–Kier alpha value is -1.33. The van der Waals surface area contributed by atoms with Gasteiger partial charge in [-0.05, 0) is 51.0 Å². The Labute approximate surface area is 124 Å². The van der Waals surface area contributed by atoms with Gasteiger partial charge in [-0.2, -0.15) is 0 Å². The second kappa shape index (κ2) is 4.98. The minimum absolute atomic E-state index is 0.0794. The molecule has 0 bridgehead atoms. The number of hydrogen-bond acceptors (Lipinski definition) is 3. The molecule has 0 saturated heterocycles. The van der Waals surface area contributed by atoms with Crippen LogP contribution in [0, 0.1) is 0 Å². The number of benzene rings is 1. The Morgan fingerprint density at radius 1 is 1.37 bits per heavy atom. The molecule has 0 saturated carbocycles. The number of nitrogens with zero attached hydrogens (tertiary/aromatic N) is 1. The summed E-state index contributed by atoms with van der Waals surface area (Å²) in [6.45, 7) is 1.35. The largest absolute Gasteiger partial charge is 0.398 e. The Morgan fingerprint density at radius 2 is 2.21 bits per heavy atom. The molecule has 1 aromatic carbocycles. The Bertz CT molecular complexity index is 638. The van der Waals surface area contributed by atoms with E-state index in [1.165, 1.54) is 16.9 Å². The first-order valence-corrected chi connectivity index (χ1v) is 7.72. The van der Waals surface area contributed by atoms with Crippen molar-refractivity contribution in [3.05, 3.63) is 50.1 Å². The van der Waals surface area contributed by atoms with Gasteiger partial charge in [0.05, 0.1) is 0 Å². The first kappa shape index (κ1) is 12.7. The molecule has 5 heteroatoms. The van der Waals surface area contributed by atoms with E-state index < -0.39 is 0 Å². The van der Waals surface area contributed by atoms with E-state index in [0.29, 0.717) is 6.54 Å². The number of rotatable bonds is 1. The monoisotopic (exact) mass is 336 g/mol. The van der Waals surface area contributed by atoms with Gasteiger partial charge in [-0.1, -0.05) is 12.1 Å². The normalized spacial score (nSPS) is 14.3. The predicted molar refractivity (Wildman–Crippen MR) is 81.3 cm³/mol. The molecule has 0 atom stereocenters. The van der Waals surface area contributed by atoms with E-state index in [9.17, 15) is 4.79 Å². The van der Waals surface area contributed by atoms with E-state index in [1.54, 1.807) is 0 Å². The predicted octanol–water partition coefficient (Wildman–Crippen LogP) is 3.29. The van der Waals surface area contributed by atoms with Crippen LogP contribution in [0.15, 0.2) is 34.1 Å². The van der Waals surface area contributed by atoms with Crippen LogP contribution in [0.3, 0.4) is 0 Å². The van der Waals surface area contributed by atoms with E-state index in [4.69, 9.17) is 5.73 Å². The lowest BCUT2D eigenvalue weighted by molar-refractivity contribution is 0.0739. The van der Waals surface area contributed by atoms with Crippen LogP contribution in [0.5, 0.6) is 0 Å². The number of anilines is 1. The first-order valence-electron chi connectivity index (χ1n) is 6.05. The van der Waals surface area contributed by atoms with Gasteiger partial charge in [-0.15, -0.1) is 11.3 Å². The van der Waals surface area contributed by atoms with Crippen LogP contribution in [-0.4, -0.2) is 17.4 Å². The van der Waals surface area contributed by atoms with Crippen LogP contribution in [0.2, 0.25) is 0 Å². The van der Waals surface area contributed by atoms with Gasteiger partial charge in [0.1, 0.15) is 4.88 Å². The van der Waals surface area contributed by atoms with E-state index in [1.807, 2.05) is 28.5 Å². The topological polar surface area (TPSA) is 46.3 Å². The average molecular weight is 337 g/mol. The lowest BCUT2D eigenvalue weighted by Gasteiger charge is -2.29. The van der Waals surface area contributed by atoms with Crippen molar-refractivity contribution in [1.29, 1.82) is 0 Å². The second-order valence-corrected chi connectivity index (χ2v) is 6.33. The minimum Gasteiger partial charge on any atom is -0.398 e. The number of amides is 1. The Kier molecular flexibility index (Phi) is 3.33. The summed E-state index contributed by atoms with van der Waals surface area (Å²) in [4.78, 5) is 15.1. The number of nitrogens with two attached hydrogens (primary N) is 1. The highest BCUT2D eigenvalue weighted by Crippen LogP contribution is 2.29. The molecule has 0 unspecified atom stereocenters. The third-order valence-electron chi connectivity index (χ3n) is 3.41. The highest BCUT2D eigenvalue weighted by Gasteiger charge is 2.24. The maximum Gasteiger partial charge on any atom is 0.265 e. The van der Waals surface area contributed by atoms with Crippen molar-refractivity contribution in [2.24, 2.45) is 0 Å². The fraction of sp³-hybridized carbons (Fsp3) is 0.214. The van der Waals surface area contributed by atoms with Gasteiger partial charge in [0.2, 0.25) is 0 Å². The number of fused-ring (bicyclic) bond motifs is 1. The molecule has 2 N–H and O–H groups in total. The van der Waals surface area contributed by atoms with Gasteiger partial charge in [-0.3, -0.25) is 4.79 Å². The molecule has 19 heavy (non-hydrogen) atoms. The van der Waals surface area contributed by atoms with Crippen molar-refractivity contribution in [2.45, 2.75) is 13.0 Å². The van der Waals surface area contributed by atoms with Gasteiger partial charge in [-0.25, -0.2) is 0 Å². The molecule has 0 fully saturated rings. The summed E-state index contributed by atoms with van der Waals surface area (Å²) in [5, 5.41) is 1.92. The fourth-order valence-corrected chi connectivity index (χ4v) is 3.88. The second-order valence-electron chi connectivity index (χ2n) is 4.56. The average Bonchev–Trinajstić information content (AvgIpc) is 2.84. The molecule has 2 heterocycles. The minimum atomic E-state index is 0.0794. The molecule has 3 rings (SSSR count). The lowest BCUT2D eigenvalue weighted by Crippen LogP contribution is -2.36. The van der Waals surface area contributed by atoms with Crippen LogP contribution in [0.25, 0.3) is 0 Å². The molecule has 1 aliphatic heterocycles. The quantitative estimate of drug-likeness (QED) is 0.812. The van der Waals surface area contributed by atoms with E-state index in [2.05, 4.69) is 22.0 Å². The molecule has 1 aliphatic rings. The molecular weight excluding hydrogens is 324 g/mol. The third-order valence-corrected chi connectivity index (χ3v) is 5.23. The van der Waals surface area contributed by atoms with Crippen molar-refractivity contribution >= 4 is 38.9 Å². The molecule has 1 aromatic heterocycles. The molecular formula is C14H13BrN2OS. The molecule has 0 aliphatic carbocycles. The molecule has 3 nitrogen and oxygen atoms in total. The maximum absolute atomic E-state index is 12.5. The van der Waals surface area contributed by atoms with E-state index in [-0.39, 0.29) is 5.91 Å². The summed E-state index contributed by atoms with van der Waals surface area (Å²) in [6, 6.07) is 7.87. The maximum atomic E-state index is 12.5. The number of halogens is 1. The SMILES string of the molecule is Nc1cccc2c1CN(C(=O)c1sccc1Br)CC2. The van der Waals surface area contributed by atoms with E-state index in [0.717, 1.165) is 33.6 Å². The van der Waals surface area contributed by atoms with Gasteiger partial charge in [0.15, 0.2) is 0 Å². The number of carbonyl (C=O) groups is 1. The van der Waals surface area contributed by atoms with Crippen molar-refractivity contribution in [3.63, 3.8) is 0 Å². The summed E-state index contributed by atoms with van der Waals surface area (Å²) in [6.07, 6.45) is 0.870. The molecule has 1 amide bonds. The summed E-state index contributed by atoms with van der Waals surface area (Å²) >= 11 is 4.89. The van der Waals surface area contributed by atoms with Crippen molar-refractivity contribution in [1.82, 2.24) is 4.90 Å². The number of hydrogen-bond donors (Lipinski definition) is 1. The number of nitrogen functional groups attached to an aromatic ring is 1. The summed E-state index contributed by atoms with van der Waals surface area (Å²) < 4.78 is 0.870. The zero-order valence-electron chi connectivity index (χ0n) is 10.2. The van der Waals surface area contributed by atoms with Gasteiger partial charge < -0.3 is 10.6 Å². The summed E-state index contributed by atoms with van der Waals surface area (Å²) in [7, 11) is 0. The fourth-order valence-electron chi connectivity index (χ4n) is 2.37. The highest BCUT2D eigenvalue weighted by atomic mass is 79.9. The molecule has 2 aromatic rings. The third kappa shape index (κ3) is 2.28. The smallest absolute Gasteiger partial charge is 0.265 e. The summed E-state index contributed by atoms with van der Waals surface area (Å²) in [5.41, 5.74) is 9.14. The molecule has 0 spiro atoms. The summed E-state index contributed by atoms with van der Waals surface area (Å²) in [5.74, 6) is 0.0794. The Morgan fingerprint density at radius 3 is 2.95 bits per heavy atom. The van der Waals surface area contributed by atoms with Gasteiger partial charge in [0.25, 0.3) is 5.91 Å². The standard InChI is InChI=1S/C14H13BrN2OS/c15-11-5-7-19-13(11)14(18)17-6-4-9-2-1-3-12(16)10(9)8-17/h1-3,5,7H,4,6,8,16H2. The van der Waals surface area contributed by atoms with Crippen molar-refractivity contribution in [3.8, 4) is 0 Å². The van der Waals surface area contributed by atoms with Gasteiger partial charge >= 0.3 is 0 Å². The van der Waals surface area contributed by atoms with Crippen molar-refractivity contribution < 1.29 is 4.79 Å². The number of carbonyl (C=O) groups excluding carboxylic acids is 1. The molecule has 98 valence electrons. The highest BCUT2D eigenvalue weighted by molar-refractivity contribution is 9.10. The van der Waals surface area contributed by atoms with Crippen molar-refractivity contribution in [2.75, 3.05) is 12.3 Å². The van der Waals surface area contributed by atoms with E-state index >= 15 is 0 Å². The zero-order chi connectivity index (χ0) is 13.4. The van der Waals surface area contributed by atoms with Crippen LogP contribution < -0.4 is 5.73 Å². The lowest BCUT2D eigenvalue weighted by atomic mass is 9.98. The van der Waals surface area contributed by atoms with Crippen LogP contribution >= 0.6 is 27.3 Å². The van der Waals surface area contributed by atoms with Crippen LogP contribution in [0.4, 0.5) is 5.69 Å². The Balaban J connectivity index is 1.88.